The maximum Gasteiger partial charge on any atom is 0.331 e. The SMILES string of the molecule is CC(C)OC(=O)[C@@](N)(CC(C)(C)C)c1ccc2nc(C#Cc3ccccc3)ccc2c1. The zero-order chi connectivity index (χ0) is 22.6. The predicted molar refractivity (Wildman–Crippen MR) is 125 cm³/mol. The van der Waals surface area contributed by atoms with E-state index < -0.39 is 11.5 Å². The molecule has 0 radical (unpaired) electrons. The first kappa shape index (κ1) is 22.5. The summed E-state index contributed by atoms with van der Waals surface area (Å²) in [7, 11) is 0. The van der Waals surface area contributed by atoms with Crippen LogP contribution in [0.2, 0.25) is 0 Å². The molecule has 2 N–H and O–H groups in total. The second kappa shape index (κ2) is 8.91. The van der Waals surface area contributed by atoms with Gasteiger partial charge in [0, 0.05) is 10.9 Å². The second-order valence-corrected chi connectivity index (χ2v) is 9.38. The zero-order valence-corrected chi connectivity index (χ0v) is 18.9. The van der Waals surface area contributed by atoms with E-state index >= 15 is 0 Å². The number of esters is 1. The van der Waals surface area contributed by atoms with Crippen molar-refractivity contribution in [1.82, 2.24) is 4.98 Å². The zero-order valence-electron chi connectivity index (χ0n) is 18.9. The second-order valence-electron chi connectivity index (χ2n) is 9.38. The Hall–Kier alpha value is -3.16. The number of ether oxygens (including phenoxy) is 1. The molecule has 160 valence electrons. The van der Waals surface area contributed by atoms with E-state index in [1.165, 1.54) is 0 Å². The van der Waals surface area contributed by atoms with Crippen molar-refractivity contribution < 1.29 is 9.53 Å². The van der Waals surface area contributed by atoms with Crippen LogP contribution in [-0.2, 0) is 15.1 Å². The van der Waals surface area contributed by atoms with Gasteiger partial charge in [0.15, 0.2) is 0 Å². The van der Waals surface area contributed by atoms with E-state index in [1.54, 1.807) is 0 Å². The lowest BCUT2D eigenvalue weighted by Gasteiger charge is -2.34. The minimum Gasteiger partial charge on any atom is -0.461 e. The van der Waals surface area contributed by atoms with Gasteiger partial charge in [0.25, 0.3) is 0 Å². The number of rotatable bonds is 4. The molecule has 3 aromatic rings. The van der Waals surface area contributed by atoms with Gasteiger partial charge in [-0.2, -0.15) is 0 Å². The van der Waals surface area contributed by atoms with Gasteiger partial charge in [-0.15, -0.1) is 0 Å². The number of nitrogens with zero attached hydrogens (tertiary/aromatic N) is 1. The van der Waals surface area contributed by atoms with Crippen LogP contribution in [0.4, 0.5) is 0 Å². The maximum atomic E-state index is 13.0. The van der Waals surface area contributed by atoms with E-state index in [4.69, 9.17) is 10.5 Å². The summed E-state index contributed by atoms with van der Waals surface area (Å²) in [5.41, 5.74) is 8.49. The number of pyridine rings is 1. The van der Waals surface area contributed by atoms with Gasteiger partial charge in [-0.3, -0.25) is 0 Å². The summed E-state index contributed by atoms with van der Waals surface area (Å²) in [5, 5.41) is 0.906. The van der Waals surface area contributed by atoms with Crippen molar-refractivity contribution in [1.29, 1.82) is 0 Å². The molecule has 4 nitrogen and oxygen atoms in total. The fourth-order valence-corrected chi connectivity index (χ4v) is 3.58. The standard InChI is InChI=1S/C27H30N2O2/c1-19(2)31-25(30)27(28,18-26(3,4)5)22-13-16-24-21(17-22)12-15-23(29-24)14-11-20-9-7-6-8-10-20/h6-10,12-13,15-17,19H,18,28H2,1-5H3/t27-/m1/s1. The number of hydrogen-bond acceptors (Lipinski definition) is 4. The molecule has 31 heavy (non-hydrogen) atoms. The summed E-state index contributed by atoms with van der Waals surface area (Å²) in [6.45, 7) is 9.86. The van der Waals surface area contributed by atoms with Crippen LogP contribution >= 0.6 is 0 Å². The molecule has 2 aromatic carbocycles. The van der Waals surface area contributed by atoms with E-state index in [-0.39, 0.29) is 11.5 Å². The molecule has 4 heteroatoms. The van der Waals surface area contributed by atoms with Gasteiger partial charge in [-0.05, 0) is 73.6 Å². The molecule has 1 atom stereocenters. The number of fused-ring (bicyclic) bond motifs is 1. The van der Waals surface area contributed by atoms with Crippen molar-refractivity contribution in [3.05, 3.63) is 77.5 Å². The smallest absolute Gasteiger partial charge is 0.331 e. The molecule has 0 unspecified atom stereocenters. The molecule has 1 aromatic heterocycles. The first-order valence-corrected chi connectivity index (χ1v) is 10.6. The summed E-state index contributed by atoms with van der Waals surface area (Å²) in [4.78, 5) is 17.6. The molecular weight excluding hydrogens is 384 g/mol. The number of carbonyl (C=O) groups is 1. The van der Waals surface area contributed by atoms with Gasteiger partial charge in [0.2, 0.25) is 0 Å². The third-order valence-electron chi connectivity index (χ3n) is 4.83. The quantitative estimate of drug-likeness (QED) is 0.472. The Balaban J connectivity index is 1.98. The van der Waals surface area contributed by atoms with Crippen molar-refractivity contribution in [2.24, 2.45) is 11.1 Å². The van der Waals surface area contributed by atoms with Gasteiger partial charge < -0.3 is 10.5 Å². The Morgan fingerprint density at radius 3 is 2.39 bits per heavy atom. The third kappa shape index (κ3) is 5.71. The fraction of sp³-hybridized carbons (Fsp3) is 0.333. The number of carbonyl (C=O) groups excluding carboxylic acids is 1. The highest BCUT2D eigenvalue weighted by Gasteiger charge is 2.41. The van der Waals surface area contributed by atoms with E-state index in [0.29, 0.717) is 12.1 Å². The summed E-state index contributed by atoms with van der Waals surface area (Å²) < 4.78 is 5.52. The normalized spacial score (nSPS) is 13.4. The highest BCUT2D eigenvalue weighted by molar-refractivity contribution is 5.86. The molecule has 3 rings (SSSR count). The average Bonchev–Trinajstić information content (AvgIpc) is 2.70. The van der Waals surface area contributed by atoms with Crippen molar-refractivity contribution in [3.8, 4) is 11.8 Å². The molecule has 0 saturated heterocycles. The average molecular weight is 415 g/mol. The van der Waals surface area contributed by atoms with Crippen LogP contribution in [0.3, 0.4) is 0 Å². The number of nitrogens with two attached hydrogens (primary N) is 1. The van der Waals surface area contributed by atoms with Crippen LogP contribution in [0.5, 0.6) is 0 Å². The molecule has 1 heterocycles. The number of aromatic nitrogens is 1. The van der Waals surface area contributed by atoms with Gasteiger partial charge in [-0.25, -0.2) is 9.78 Å². The largest absolute Gasteiger partial charge is 0.461 e. The highest BCUT2D eigenvalue weighted by atomic mass is 16.5. The van der Waals surface area contributed by atoms with Crippen LogP contribution < -0.4 is 5.73 Å². The Kier molecular flexibility index (Phi) is 6.48. The number of hydrogen-bond donors (Lipinski definition) is 1. The molecule has 0 aliphatic rings. The molecule has 0 aliphatic heterocycles. The fourth-order valence-electron chi connectivity index (χ4n) is 3.58. The predicted octanol–water partition coefficient (Wildman–Crippen LogP) is 5.18. The lowest BCUT2D eigenvalue weighted by molar-refractivity contribution is -0.156. The Bertz CT molecular complexity index is 1130. The van der Waals surface area contributed by atoms with Crippen LogP contribution in [-0.4, -0.2) is 17.1 Å². The summed E-state index contributed by atoms with van der Waals surface area (Å²) in [6, 6.07) is 19.4. The van der Waals surface area contributed by atoms with Crippen molar-refractivity contribution in [3.63, 3.8) is 0 Å². The maximum absolute atomic E-state index is 13.0. The van der Waals surface area contributed by atoms with E-state index in [2.05, 4.69) is 37.6 Å². The summed E-state index contributed by atoms with van der Waals surface area (Å²) in [5.74, 6) is 5.83. The molecular formula is C27H30N2O2. The third-order valence-corrected chi connectivity index (χ3v) is 4.83. The molecule has 0 fully saturated rings. The first-order chi connectivity index (χ1) is 14.6. The monoisotopic (exact) mass is 414 g/mol. The topological polar surface area (TPSA) is 65.2 Å². The molecule has 0 amide bonds. The lowest BCUT2D eigenvalue weighted by Crippen LogP contribution is -2.49. The summed E-state index contributed by atoms with van der Waals surface area (Å²) >= 11 is 0. The Labute approximate surface area is 184 Å². The van der Waals surface area contributed by atoms with Gasteiger partial charge >= 0.3 is 5.97 Å². The van der Waals surface area contributed by atoms with Crippen LogP contribution in [0.1, 0.15) is 57.9 Å². The lowest BCUT2D eigenvalue weighted by atomic mass is 9.76. The van der Waals surface area contributed by atoms with E-state index in [9.17, 15) is 4.79 Å². The van der Waals surface area contributed by atoms with Crippen molar-refractivity contribution >= 4 is 16.9 Å². The summed E-state index contributed by atoms with van der Waals surface area (Å²) in [6.07, 6.45) is 0.230. The van der Waals surface area contributed by atoms with Gasteiger partial charge in [-0.1, -0.05) is 51.0 Å². The number of benzene rings is 2. The van der Waals surface area contributed by atoms with E-state index in [0.717, 1.165) is 22.0 Å². The minimum atomic E-state index is -1.23. The van der Waals surface area contributed by atoms with E-state index in [1.807, 2.05) is 74.5 Å². The first-order valence-electron chi connectivity index (χ1n) is 10.6. The Morgan fingerprint density at radius 1 is 1.03 bits per heavy atom. The van der Waals surface area contributed by atoms with Crippen LogP contribution in [0.25, 0.3) is 10.9 Å². The molecule has 0 saturated carbocycles. The highest BCUT2D eigenvalue weighted by Crippen LogP contribution is 2.35. The van der Waals surface area contributed by atoms with Crippen molar-refractivity contribution in [2.75, 3.05) is 0 Å². The Morgan fingerprint density at radius 2 is 1.74 bits per heavy atom. The van der Waals surface area contributed by atoms with Crippen LogP contribution in [0, 0.1) is 17.3 Å². The minimum absolute atomic E-state index is 0.158. The van der Waals surface area contributed by atoms with Crippen LogP contribution in [0.15, 0.2) is 60.7 Å². The molecule has 0 spiro atoms. The molecule has 0 aliphatic carbocycles. The molecule has 0 bridgehead atoms. The van der Waals surface area contributed by atoms with Gasteiger partial charge in [0.05, 0.1) is 11.6 Å². The van der Waals surface area contributed by atoms with Gasteiger partial charge in [0.1, 0.15) is 11.2 Å². The van der Waals surface area contributed by atoms with Crippen molar-refractivity contribution in [2.45, 2.75) is 52.7 Å².